The molecule has 1 amide bonds. The fourth-order valence-electron chi connectivity index (χ4n) is 12.5. The topological polar surface area (TPSA) is 275 Å². The van der Waals surface area contributed by atoms with Gasteiger partial charge in [0.25, 0.3) is 0 Å². The summed E-state index contributed by atoms with van der Waals surface area (Å²) in [5, 5.41) is 16.1. The Kier molecular flexibility index (Phi) is 18.5. The third-order valence-corrected chi connectivity index (χ3v) is 20.4. The standard InChI is InChI=1S/C75H61F5N18O6S2/c1-4-22-105(100,101)91-70-29-50(26-64(88-70)59-11-8-56(77)34-61(59)79)67-40-82-74-33-48(15-20-97(67)74)54-38-86-95(44-54)17-6-23-106(102,103)92-71-30-51(27-65(89-71)60-12-9-57(78)35-62(60)80)68-41-83-73-32-47(14-19-98(68)73)53-37-85-94(43-53)16-5-21-104-75(99)90-69-28-49(25-63(87-69)58-10-7-55(76)24-45(58)2)66-39-81-72-31-46(13-18-96(66)72)52-36-84-93(3)42-52/h7-15,18-20,24-44H,4-6,16-17,21-23H2,1-3H3,(H,88,91)(H,89,92)(H,87,90,99). The number of aryl methyl sites for hydroxylation is 4. The van der Waals surface area contributed by atoms with Crippen molar-refractivity contribution in [2.24, 2.45) is 7.05 Å². The molecule has 0 radical (unpaired) electrons. The van der Waals surface area contributed by atoms with Crippen LogP contribution < -0.4 is 14.8 Å². The highest BCUT2D eigenvalue weighted by Crippen LogP contribution is 2.36. The van der Waals surface area contributed by atoms with Gasteiger partial charge in [-0.3, -0.25) is 42.0 Å². The molecule has 0 saturated carbocycles. The first kappa shape index (κ1) is 69.0. The quantitative estimate of drug-likeness (QED) is 0.0375. The Morgan fingerprint density at radius 1 is 0.453 bits per heavy atom. The molecule has 0 aliphatic rings. The molecule has 3 N–H and O–H groups in total. The number of ether oxygens (including phenoxy) is 1. The zero-order valence-corrected chi connectivity index (χ0v) is 58.2. The van der Waals surface area contributed by atoms with Gasteiger partial charge in [0.15, 0.2) is 0 Å². The van der Waals surface area contributed by atoms with Gasteiger partial charge >= 0.3 is 6.09 Å². The Morgan fingerprint density at radius 3 is 1.34 bits per heavy atom. The van der Waals surface area contributed by atoms with E-state index in [0.29, 0.717) is 92.9 Å². The number of rotatable bonds is 24. The van der Waals surface area contributed by atoms with Crippen molar-refractivity contribution in [1.29, 1.82) is 0 Å². The number of pyridine rings is 6. The summed E-state index contributed by atoms with van der Waals surface area (Å²) in [6.45, 7) is 4.11. The molecule has 15 rings (SSSR count). The molecule has 0 aliphatic heterocycles. The van der Waals surface area contributed by atoms with Crippen LogP contribution in [0.4, 0.5) is 44.2 Å². The number of benzene rings is 3. The summed E-state index contributed by atoms with van der Waals surface area (Å²) in [6, 6.07) is 31.4. The highest BCUT2D eigenvalue weighted by molar-refractivity contribution is 7.92. The third-order valence-electron chi connectivity index (χ3n) is 17.5. The summed E-state index contributed by atoms with van der Waals surface area (Å²) in [7, 11) is -6.08. The second kappa shape index (κ2) is 28.5. The zero-order valence-electron chi connectivity index (χ0n) is 56.6. The van der Waals surface area contributed by atoms with Crippen LogP contribution in [-0.2, 0) is 44.9 Å². The van der Waals surface area contributed by atoms with Crippen LogP contribution >= 0.6 is 0 Å². The monoisotopic (exact) mass is 1470 g/mol. The number of nitrogens with one attached hydrogen (secondary N) is 3. The van der Waals surface area contributed by atoms with Crippen LogP contribution in [0.3, 0.4) is 0 Å². The minimum absolute atomic E-state index is 0.0184. The van der Waals surface area contributed by atoms with Gasteiger partial charge in [-0.2, -0.15) is 15.3 Å². The average Bonchev–Trinajstić information content (AvgIpc) is 1.57. The molecule has 0 aliphatic carbocycles. The molecule has 12 aromatic heterocycles. The summed E-state index contributed by atoms with van der Waals surface area (Å²) < 4.78 is 148. The molecule has 534 valence electrons. The van der Waals surface area contributed by atoms with E-state index in [1.807, 2.05) is 66.4 Å². The van der Waals surface area contributed by atoms with Crippen LogP contribution in [0.25, 0.3) is 118 Å². The molecule has 0 unspecified atom stereocenters. The maximum atomic E-state index is 15.5. The van der Waals surface area contributed by atoms with Gasteiger partial charge in [0.2, 0.25) is 20.0 Å². The highest BCUT2D eigenvalue weighted by Gasteiger charge is 2.23. The number of anilines is 3. The lowest BCUT2D eigenvalue weighted by atomic mass is 10.0. The van der Waals surface area contributed by atoms with Crippen molar-refractivity contribution in [3.05, 3.63) is 236 Å². The van der Waals surface area contributed by atoms with E-state index in [2.05, 4.69) is 55.0 Å². The lowest BCUT2D eigenvalue weighted by Gasteiger charge is -2.13. The van der Waals surface area contributed by atoms with E-state index in [-0.39, 0.29) is 76.9 Å². The van der Waals surface area contributed by atoms with E-state index in [1.165, 1.54) is 36.4 Å². The Balaban J connectivity index is 0.592. The van der Waals surface area contributed by atoms with Crippen molar-refractivity contribution in [3.8, 4) is 101 Å². The van der Waals surface area contributed by atoms with Gasteiger partial charge < -0.3 is 4.74 Å². The number of amides is 1. The van der Waals surface area contributed by atoms with Gasteiger partial charge in [-0.1, -0.05) is 6.92 Å². The van der Waals surface area contributed by atoms with Crippen LogP contribution in [0.1, 0.15) is 31.7 Å². The van der Waals surface area contributed by atoms with Crippen molar-refractivity contribution < 1.29 is 48.3 Å². The molecule has 12 heterocycles. The second-order valence-corrected chi connectivity index (χ2v) is 28.8. The van der Waals surface area contributed by atoms with Gasteiger partial charge in [0, 0.05) is 126 Å². The SMILES string of the molecule is CCCS(=O)(=O)Nc1cc(-c2cnc3cc(-c4cnn(CCCS(=O)(=O)Nc5cc(-c6cnc7cc(-c8cnn(CCCOC(=O)Nc9cc(-c%10cnc%11cc(-c%12cnn(C)c%12)ccn%10%11)cc(-c%10ccc(F)cc%10C)n9)c8)ccn67)cc(-c6ccc(F)cc6F)n5)c4)ccn23)cc(-c2ccc(F)cc2F)n1. The maximum Gasteiger partial charge on any atom is 0.412 e. The molecule has 0 atom stereocenters. The summed E-state index contributed by atoms with van der Waals surface area (Å²) in [4.78, 5) is 41.0. The van der Waals surface area contributed by atoms with Crippen LogP contribution in [0.5, 0.6) is 0 Å². The number of imidazole rings is 3. The van der Waals surface area contributed by atoms with Crippen LogP contribution in [0.2, 0.25) is 0 Å². The number of hydrogen-bond donors (Lipinski definition) is 3. The Hall–Kier alpha value is -12.8. The molecule has 0 saturated heterocycles. The van der Waals surface area contributed by atoms with Gasteiger partial charge in [0.05, 0.1) is 89.5 Å². The number of halogens is 5. The van der Waals surface area contributed by atoms with Gasteiger partial charge in [-0.15, -0.1) is 0 Å². The molecular weight excluding hydrogens is 1410 g/mol. The van der Waals surface area contributed by atoms with Crippen molar-refractivity contribution in [2.45, 2.75) is 46.2 Å². The van der Waals surface area contributed by atoms with E-state index < -0.39 is 49.4 Å². The van der Waals surface area contributed by atoms with Crippen LogP contribution in [0.15, 0.2) is 202 Å². The lowest BCUT2D eigenvalue weighted by Crippen LogP contribution is -2.19. The molecule has 0 bridgehead atoms. The first-order valence-corrected chi connectivity index (χ1v) is 36.6. The average molecular weight is 1470 g/mol. The minimum Gasteiger partial charge on any atom is -0.449 e. The van der Waals surface area contributed by atoms with Crippen molar-refractivity contribution in [1.82, 2.24) is 72.4 Å². The summed E-state index contributed by atoms with van der Waals surface area (Å²) in [5.41, 5.74) is 11.5. The lowest BCUT2D eigenvalue weighted by molar-refractivity contribution is 0.158. The molecular formula is C75H61F5N18O6S2. The number of sulfonamides is 2. The first-order chi connectivity index (χ1) is 51.1. The zero-order chi connectivity index (χ0) is 73.5. The van der Waals surface area contributed by atoms with E-state index in [0.717, 1.165) is 51.7 Å². The number of carbonyl (C=O) groups is 1. The predicted octanol–water partition coefficient (Wildman–Crippen LogP) is 14.6. The number of aromatic nitrogens is 15. The van der Waals surface area contributed by atoms with Crippen molar-refractivity contribution >= 4 is 60.5 Å². The number of nitrogens with zero attached hydrogens (tertiary/aromatic N) is 15. The van der Waals surface area contributed by atoms with Crippen molar-refractivity contribution in [2.75, 3.05) is 32.9 Å². The molecule has 31 heteroatoms. The normalized spacial score (nSPS) is 11.9. The Labute approximate surface area is 601 Å². The summed E-state index contributed by atoms with van der Waals surface area (Å²) in [6.07, 6.45) is 21.0. The fraction of sp³-hybridized carbons (Fsp3) is 0.147. The van der Waals surface area contributed by atoms with Gasteiger partial charge in [-0.25, -0.2) is 73.5 Å². The van der Waals surface area contributed by atoms with E-state index >= 15 is 8.78 Å². The summed E-state index contributed by atoms with van der Waals surface area (Å²) >= 11 is 0. The molecule has 24 nitrogen and oxygen atoms in total. The third kappa shape index (κ3) is 14.9. The second-order valence-electron chi connectivity index (χ2n) is 25.1. The largest absolute Gasteiger partial charge is 0.449 e. The minimum atomic E-state index is -4.12. The molecule has 0 spiro atoms. The molecule has 3 aromatic carbocycles. The number of hydrogen-bond acceptors (Lipinski definition) is 15. The molecule has 0 fully saturated rings. The highest BCUT2D eigenvalue weighted by atomic mass is 32.2. The van der Waals surface area contributed by atoms with E-state index in [9.17, 15) is 34.8 Å². The van der Waals surface area contributed by atoms with Gasteiger partial charge in [0.1, 0.15) is 63.5 Å². The van der Waals surface area contributed by atoms with E-state index in [4.69, 9.17) is 9.72 Å². The molecule has 15 aromatic rings. The fourth-order valence-corrected chi connectivity index (χ4v) is 14.6. The first-order valence-electron chi connectivity index (χ1n) is 33.3. The predicted molar refractivity (Wildman–Crippen MR) is 390 cm³/mol. The Morgan fingerprint density at radius 2 is 0.877 bits per heavy atom. The Bertz CT molecular complexity index is 6170. The smallest absolute Gasteiger partial charge is 0.412 e. The van der Waals surface area contributed by atoms with Crippen LogP contribution in [0, 0.1) is 36.0 Å². The maximum absolute atomic E-state index is 15.5. The van der Waals surface area contributed by atoms with Crippen LogP contribution in [-0.4, -0.2) is 113 Å². The number of fused-ring (bicyclic) bond motifs is 3. The van der Waals surface area contributed by atoms with Crippen molar-refractivity contribution in [3.63, 3.8) is 0 Å². The van der Waals surface area contributed by atoms with E-state index in [1.54, 1.807) is 123 Å². The van der Waals surface area contributed by atoms with Gasteiger partial charge in [-0.05, 0) is 157 Å². The molecule has 106 heavy (non-hydrogen) atoms. The number of carbonyl (C=O) groups excluding carboxylic acids is 1. The summed E-state index contributed by atoms with van der Waals surface area (Å²) in [5.74, 6) is -4.32.